The van der Waals surface area contributed by atoms with Gasteiger partial charge in [0.15, 0.2) is 0 Å². The summed E-state index contributed by atoms with van der Waals surface area (Å²) in [5.74, 6) is 0. The highest BCUT2D eigenvalue weighted by molar-refractivity contribution is 5.56. The van der Waals surface area contributed by atoms with E-state index in [1.165, 1.54) is 68.2 Å². The lowest BCUT2D eigenvalue weighted by molar-refractivity contribution is 0.112. The van der Waals surface area contributed by atoms with Crippen LogP contribution in [0, 0.1) is 12.3 Å². The van der Waals surface area contributed by atoms with E-state index in [0.717, 1.165) is 13.1 Å². The van der Waals surface area contributed by atoms with E-state index >= 15 is 0 Å². The number of nitrogens with zero attached hydrogens (tertiary/aromatic N) is 1. The van der Waals surface area contributed by atoms with Crippen molar-refractivity contribution in [3.05, 3.63) is 29.3 Å². The summed E-state index contributed by atoms with van der Waals surface area (Å²) < 4.78 is 0. The van der Waals surface area contributed by atoms with Gasteiger partial charge in [0.25, 0.3) is 0 Å². The molecule has 0 spiro atoms. The van der Waals surface area contributed by atoms with Gasteiger partial charge in [0.1, 0.15) is 0 Å². The predicted octanol–water partition coefficient (Wildman–Crippen LogP) is 4.08. The van der Waals surface area contributed by atoms with Crippen molar-refractivity contribution in [3.63, 3.8) is 0 Å². The Morgan fingerprint density at radius 1 is 1.10 bits per heavy atom. The SMILES string of the molecule is Cc1ccc2c(c1)CCCN2CC1(CO)CCCCCC1. The summed E-state index contributed by atoms with van der Waals surface area (Å²) in [5, 5.41) is 10.1. The Bertz CT molecular complexity index is 474. The third-order valence-electron chi connectivity index (χ3n) is 5.48. The Morgan fingerprint density at radius 3 is 2.57 bits per heavy atom. The van der Waals surface area contributed by atoms with Crippen molar-refractivity contribution in [1.29, 1.82) is 0 Å². The Labute approximate surface area is 129 Å². The van der Waals surface area contributed by atoms with E-state index in [2.05, 4.69) is 30.0 Å². The molecule has 1 aliphatic carbocycles. The van der Waals surface area contributed by atoms with Gasteiger partial charge < -0.3 is 10.0 Å². The lowest BCUT2D eigenvalue weighted by Crippen LogP contribution is -2.42. The van der Waals surface area contributed by atoms with Crippen molar-refractivity contribution >= 4 is 5.69 Å². The summed E-state index contributed by atoms with van der Waals surface area (Å²) in [6.45, 7) is 4.72. The maximum Gasteiger partial charge on any atom is 0.0504 e. The Hall–Kier alpha value is -1.02. The van der Waals surface area contributed by atoms with Crippen molar-refractivity contribution in [3.8, 4) is 0 Å². The van der Waals surface area contributed by atoms with Gasteiger partial charge in [-0.05, 0) is 44.2 Å². The molecule has 1 saturated carbocycles. The molecule has 0 atom stereocenters. The Kier molecular flexibility index (Phi) is 4.54. The van der Waals surface area contributed by atoms with Gasteiger partial charge in [-0.1, -0.05) is 43.4 Å². The first-order valence-electron chi connectivity index (χ1n) is 8.68. The van der Waals surface area contributed by atoms with Gasteiger partial charge in [-0.25, -0.2) is 0 Å². The number of rotatable bonds is 3. The minimum Gasteiger partial charge on any atom is -0.396 e. The highest BCUT2D eigenvalue weighted by Crippen LogP contribution is 2.38. The van der Waals surface area contributed by atoms with Crippen molar-refractivity contribution in [2.24, 2.45) is 5.41 Å². The number of aryl methyl sites for hydroxylation is 2. The second-order valence-corrected chi connectivity index (χ2v) is 7.23. The van der Waals surface area contributed by atoms with E-state index in [-0.39, 0.29) is 5.41 Å². The van der Waals surface area contributed by atoms with E-state index in [1.54, 1.807) is 0 Å². The molecule has 0 radical (unpaired) electrons. The monoisotopic (exact) mass is 287 g/mol. The van der Waals surface area contributed by atoms with Gasteiger partial charge in [0.05, 0.1) is 6.61 Å². The topological polar surface area (TPSA) is 23.5 Å². The molecular formula is C19H29NO. The molecule has 1 N–H and O–H groups in total. The molecule has 0 bridgehead atoms. The summed E-state index contributed by atoms with van der Waals surface area (Å²) in [5.41, 5.74) is 4.42. The standard InChI is InChI=1S/C19H29NO/c1-16-8-9-18-17(13-16)7-6-12-20(18)14-19(15-21)10-4-2-3-5-11-19/h8-9,13,21H,2-7,10-12,14-15H2,1H3. The van der Waals surface area contributed by atoms with E-state index in [9.17, 15) is 5.11 Å². The predicted molar refractivity (Wildman–Crippen MR) is 88.9 cm³/mol. The van der Waals surface area contributed by atoms with Gasteiger partial charge in [-0.3, -0.25) is 0 Å². The summed E-state index contributed by atoms with van der Waals surface area (Å²) in [6, 6.07) is 6.88. The van der Waals surface area contributed by atoms with Crippen LogP contribution in [-0.4, -0.2) is 24.8 Å². The molecule has 1 aromatic rings. The molecule has 0 saturated heterocycles. The van der Waals surface area contributed by atoms with Gasteiger partial charge in [-0.2, -0.15) is 0 Å². The second-order valence-electron chi connectivity index (χ2n) is 7.23. The molecule has 3 rings (SSSR count). The van der Waals surface area contributed by atoms with Crippen molar-refractivity contribution in [1.82, 2.24) is 0 Å². The van der Waals surface area contributed by atoms with Crippen molar-refractivity contribution in [2.75, 3.05) is 24.6 Å². The normalized spacial score (nSPS) is 21.7. The highest BCUT2D eigenvalue weighted by Gasteiger charge is 2.33. The number of fused-ring (bicyclic) bond motifs is 1. The largest absolute Gasteiger partial charge is 0.396 e. The first-order chi connectivity index (χ1) is 10.2. The fraction of sp³-hybridized carbons (Fsp3) is 0.684. The minimum atomic E-state index is 0.135. The zero-order valence-corrected chi connectivity index (χ0v) is 13.4. The fourth-order valence-electron chi connectivity index (χ4n) is 4.22. The van der Waals surface area contributed by atoms with Crippen LogP contribution in [0.1, 0.15) is 56.1 Å². The zero-order valence-electron chi connectivity index (χ0n) is 13.4. The average Bonchev–Trinajstić information content (AvgIpc) is 2.73. The molecule has 1 fully saturated rings. The fourth-order valence-corrected chi connectivity index (χ4v) is 4.22. The summed E-state index contributed by atoms with van der Waals surface area (Å²) in [6.07, 6.45) is 10.1. The lowest BCUT2D eigenvalue weighted by Gasteiger charge is -2.40. The van der Waals surface area contributed by atoms with Crippen LogP contribution in [0.5, 0.6) is 0 Å². The van der Waals surface area contributed by atoms with Gasteiger partial charge in [-0.15, -0.1) is 0 Å². The highest BCUT2D eigenvalue weighted by atomic mass is 16.3. The lowest BCUT2D eigenvalue weighted by atomic mass is 9.80. The van der Waals surface area contributed by atoms with E-state index < -0.39 is 0 Å². The van der Waals surface area contributed by atoms with Gasteiger partial charge in [0, 0.05) is 24.2 Å². The van der Waals surface area contributed by atoms with Crippen LogP contribution in [0.3, 0.4) is 0 Å². The van der Waals surface area contributed by atoms with Crippen LogP contribution in [0.15, 0.2) is 18.2 Å². The number of aliphatic hydroxyl groups excluding tert-OH is 1. The number of benzene rings is 1. The summed E-state index contributed by atoms with van der Waals surface area (Å²) >= 11 is 0. The number of hydrogen-bond acceptors (Lipinski definition) is 2. The first kappa shape index (κ1) is 14.9. The second kappa shape index (κ2) is 6.39. The Balaban J connectivity index is 1.81. The first-order valence-corrected chi connectivity index (χ1v) is 8.68. The van der Waals surface area contributed by atoms with Crippen molar-refractivity contribution in [2.45, 2.75) is 58.3 Å². The molecule has 2 heteroatoms. The van der Waals surface area contributed by atoms with E-state index in [1.807, 2.05) is 0 Å². The molecule has 2 nitrogen and oxygen atoms in total. The van der Waals surface area contributed by atoms with Crippen LogP contribution in [-0.2, 0) is 6.42 Å². The summed E-state index contributed by atoms with van der Waals surface area (Å²) in [4.78, 5) is 2.56. The van der Waals surface area contributed by atoms with Gasteiger partial charge in [0.2, 0.25) is 0 Å². The molecule has 1 aliphatic heterocycles. The molecule has 0 aromatic heterocycles. The van der Waals surface area contributed by atoms with Crippen LogP contribution >= 0.6 is 0 Å². The van der Waals surface area contributed by atoms with Crippen LogP contribution in [0.25, 0.3) is 0 Å². The minimum absolute atomic E-state index is 0.135. The maximum atomic E-state index is 10.1. The zero-order chi connectivity index (χ0) is 14.7. The number of hydrogen-bond donors (Lipinski definition) is 1. The third-order valence-corrected chi connectivity index (χ3v) is 5.48. The van der Waals surface area contributed by atoms with E-state index in [0.29, 0.717) is 6.61 Å². The maximum absolute atomic E-state index is 10.1. The molecule has 1 heterocycles. The Morgan fingerprint density at radius 2 is 1.86 bits per heavy atom. The van der Waals surface area contributed by atoms with Crippen LogP contribution in [0.4, 0.5) is 5.69 Å². The van der Waals surface area contributed by atoms with Crippen LogP contribution in [0.2, 0.25) is 0 Å². The molecule has 116 valence electrons. The number of anilines is 1. The smallest absolute Gasteiger partial charge is 0.0504 e. The molecule has 1 aromatic carbocycles. The average molecular weight is 287 g/mol. The quantitative estimate of drug-likeness (QED) is 0.847. The molecule has 21 heavy (non-hydrogen) atoms. The summed E-state index contributed by atoms with van der Waals surface area (Å²) in [7, 11) is 0. The molecule has 0 amide bonds. The third kappa shape index (κ3) is 3.26. The van der Waals surface area contributed by atoms with E-state index in [4.69, 9.17) is 0 Å². The number of aliphatic hydroxyl groups is 1. The van der Waals surface area contributed by atoms with Crippen LogP contribution < -0.4 is 4.90 Å². The van der Waals surface area contributed by atoms with Crippen molar-refractivity contribution < 1.29 is 5.11 Å². The molecule has 2 aliphatic rings. The van der Waals surface area contributed by atoms with Gasteiger partial charge >= 0.3 is 0 Å². The molecular weight excluding hydrogens is 258 g/mol. The molecule has 0 unspecified atom stereocenters.